The van der Waals surface area contributed by atoms with Gasteiger partial charge in [-0.3, -0.25) is 14.5 Å². The number of benzene rings is 2. The highest BCUT2D eigenvalue weighted by Crippen LogP contribution is 2.32. The zero-order chi connectivity index (χ0) is 28.1. The van der Waals surface area contributed by atoms with Crippen molar-refractivity contribution in [1.29, 1.82) is 0 Å². The van der Waals surface area contributed by atoms with E-state index in [4.69, 9.17) is 9.47 Å². The summed E-state index contributed by atoms with van der Waals surface area (Å²) in [6, 6.07) is 17.6. The highest BCUT2D eigenvalue weighted by molar-refractivity contribution is 5.93. The summed E-state index contributed by atoms with van der Waals surface area (Å²) in [6.45, 7) is 9.59. The minimum absolute atomic E-state index is 0.0189. The van der Waals surface area contributed by atoms with Crippen LogP contribution in [0, 0.1) is 5.92 Å². The topological polar surface area (TPSA) is 92.8 Å². The maximum Gasteiger partial charge on any atom is 0.239 e. The van der Waals surface area contributed by atoms with Gasteiger partial charge in [-0.05, 0) is 71.7 Å². The van der Waals surface area contributed by atoms with Gasteiger partial charge in [0.15, 0.2) is 0 Å². The summed E-state index contributed by atoms with van der Waals surface area (Å²) in [5.41, 5.74) is 4.42. The molecule has 1 aromatic heterocycles. The summed E-state index contributed by atoms with van der Waals surface area (Å²) >= 11 is 0. The molecule has 40 heavy (non-hydrogen) atoms. The number of morpholine rings is 1. The van der Waals surface area contributed by atoms with E-state index in [0.29, 0.717) is 43.5 Å². The van der Waals surface area contributed by atoms with Gasteiger partial charge in [-0.1, -0.05) is 39.0 Å². The van der Waals surface area contributed by atoms with Gasteiger partial charge in [-0.25, -0.2) is 4.98 Å². The third kappa shape index (κ3) is 7.25. The van der Waals surface area contributed by atoms with Gasteiger partial charge in [0, 0.05) is 37.0 Å². The van der Waals surface area contributed by atoms with Crippen molar-refractivity contribution in [2.45, 2.75) is 45.4 Å². The smallest absolute Gasteiger partial charge is 0.239 e. The van der Waals surface area contributed by atoms with Crippen LogP contribution < -0.4 is 15.4 Å². The van der Waals surface area contributed by atoms with E-state index in [1.807, 2.05) is 24.3 Å². The van der Waals surface area contributed by atoms with Crippen molar-refractivity contribution in [2.75, 3.05) is 43.5 Å². The van der Waals surface area contributed by atoms with Gasteiger partial charge in [0.2, 0.25) is 11.8 Å². The summed E-state index contributed by atoms with van der Waals surface area (Å²) in [5.74, 6) is 1.55. The molecular formula is C32H38N4O4. The summed E-state index contributed by atoms with van der Waals surface area (Å²) in [4.78, 5) is 32.0. The second-order valence-corrected chi connectivity index (χ2v) is 11.6. The molecule has 0 bridgehead atoms. The third-order valence-corrected chi connectivity index (χ3v) is 7.48. The molecule has 1 aliphatic heterocycles. The number of aryl methyl sites for hydroxylation is 1. The number of amides is 2. The quantitative estimate of drug-likeness (QED) is 0.427. The van der Waals surface area contributed by atoms with E-state index in [-0.39, 0.29) is 23.1 Å². The lowest BCUT2D eigenvalue weighted by molar-refractivity contribution is -0.120. The molecular weight excluding hydrogens is 504 g/mol. The Hall–Kier alpha value is -3.75. The molecule has 2 aliphatic rings. The van der Waals surface area contributed by atoms with Crippen molar-refractivity contribution < 1.29 is 19.1 Å². The fraction of sp³-hybridized carbons (Fsp3) is 0.406. The predicted octanol–water partition coefficient (Wildman–Crippen LogP) is 5.19. The Kier molecular flexibility index (Phi) is 8.47. The van der Waals surface area contributed by atoms with Gasteiger partial charge in [-0.15, -0.1) is 0 Å². The number of ether oxygens (including phenoxy) is 2. The second-order valence-electron chi connectivity index (χ2n) is 11.6. The number of carbonyl (C=O) groups is 2. The Morgan fingerprint density at radius 3 is 2.60 bits per heavy atom. The van der Waals surface area contributed by atoms with Crippen LogP contribution in [0.3, 0.4) is 0 Å². The number of anilines is 2. The van der Waals surface area contributed by atoms with Crippen LogP contribution in [0.4, 0.5) is 11.5 Å². The Labute approximate surface area is 236 Å². The molecule has 2 heterocycles. The number of nitrogens with zero attached hydrogens (tertiary/aromatic N) is 2. The number of hydrogen-bond donors (Lipinski definition) is 2. The molecule has 210 valence electrons. The van der Waals surface area contributed by atoms with Crippen molar-refractivity contribution in [3.8, 4) is 11.5 Å². The van der Waals surface area contributed by atoms with Crippen LogP contribution in [0.25, 0.3) is 0 Å². The first-order valence-corrected chi connectivity index (χ1v) is 14.0. The van der Waals surface area contributed by atoms with Crippen LogP contribution in [-0.4, -0.2) is 54.5 Å². The summed E-state index contributed by atoms with van der Waals surface area (Å²) < 4.78 is 11.5. The summed E-state index contributed by atoms with van der Waals surface area (Å²) in [6.07, 6.45) is 3.95. The van der Waals surface area contributed by atoms with E-state index in [9.17, 15) is 9.59 Å². The largest absolute Gasteiger partial charge is 0.457 e. The normalized spacial score (nSPS) is 17.5. The Morgan fingerprint density at radius 2 is 1.80 bits per heavy atom. The number of hydrogen-bond acceptors (Lipinski definition) is 6. The molecule has 2 aromatic carbocycles. The highest BCUT2D eigenvalue weighted by atomic mass is 16.5. The molecule has 2 N–H and O–H groups in total. The fourth-order valence-corrected chi connectivity index (χ4v) is 5.15. The van der Waals surface area contributed by atoms with Crippen molar-refractivity contribution in [3.63, 3.8) is 0 Å². The van der Waals surface area contributed by atoms with Gasteiger partial charge in [0.1, 0.15) is 17.3 Å². The van der Waals surface area contributed by atoms with E-state index < -0.39 is 0 Å². The number of carbonyl (C=O) groups excluding carboxylic acids is 2. The monoisotopic (exact) mass is 542 g/mol. The van der Waals surface area contributed by atoms with Crippen molar-refractivity contribution in [2.24, 2.45) is 5.92 Å². The predicted molar refractivity (Wildman–Crippen MR) is 156 cm³/mol. The molecule has 1 fully saturated rings. The number of nitrogens with one attached hydrogen (secondary N) is 2. The van der Waals surface area contributed by atoms with Crippen LogP contribution in [-0.2, 0) is 32.6 Å². The minimum Gasteiger partial charge on any atom is -0.457 e. The van der Waals surface area contributed by atoms with Gasteiger partial charge in [-0.2, -0.15) is 0 Å². The van der Waals surface area contributed by atoms with E-state index in [0.717, 1.165) is 37.2 Å². The first-order valence-electron chi connectivity index (χ1n) is 14.0. The van der Waals surface area contributed by atoms with Gasteiger partial charge in [0.05, 0.1) is 19.8 Å². The maximum atomic E-state index is 13.2. The van der Waals surface area contributed by atoms with Crippen LogP contribution in [0.15, 0.2) is 60.8 Å². The molecule has 0 saturated carbocycles. The molecule has 1 saturated heterocycles. The molecule has 0 radical (unpaired) electrons. The molecule has 1 aliphatic carbocycles. The number of fused-ring (bicyclic) bond motifs is 1. The van der Waals surface area contributed by atoms with E-state index in [1.165, 1.54) is 11.1 Å². The summed E-state index contributed by atoms with van der Waals surface area (Å²) in [7, 11) is 0. The lowest BCUT2D eigenvalue weighted by Gasteiger charge is -2.25. The molecule has 2 amide bonds. The summed E-state index contributed by atoms with van der Waals surface area (Å²) in [5, 5.41) is 5.99. The fourth-order valence-electron chi connectivity index (χ4n) is 5.15. The average Bonchev–Trinajstić information content (AvgIpc) is 2.93. The van der Waals surface area contributed by atoms with Crippen molar-refractivity contribution in [3.05, 3.63) is 77.5 Å². The molecule has 1 atom stereocenters. The average molecular weight is 543 g/mol. The zero-order valence-corrected chi connectivity index (χ0v) is 23.5. The third-order valence-electron chi connectivity index (χ3n) is 7.48. The highest BCUT2D eigenvalue weighted by Gasteiger charge is 2.26. The molecule has 8 nitrogen and oxygen atoms in total. The van der Waals surface area contributed by atoms with E-state index in [2.05, 4.69) is 59.5 Å². The van der Waals surface area contributed by atoms with Crippen LogP contribution in [0.2, 0.25) is 0 Å². The van der Waals surface area contributed by atoms with Crippen molar-refractivity contribution in [1.82, 2.24) is 9.88 Å². The van der Waals surface area contributed by atoms with Crippen molar-refractivity contribution >= 4 is 23.3 Å². The van der Waals surface area contributed by atoms with Crippen LogP contribution in [0.5, 0.6) is 11.5 Å². The minimum atomic E-state index is -0.116. The SMILES string of the molecule is CC(C)(C)c1cccc(NC(=O)C2CCc3ccc(Oc4ccnc(NC(=O)CN5CCOCC5)c4)cc3C2)c1. The molecule has 5 rings (SSSR count). The maximum absolute atomic E-state index is 13.2. The molecule has 0 spiro atoms. The lowest BCUT2D eigenvalue weighted by Crippen LogP contribution is -2.41. The molecule has 8 heteroatoms. The zero-order valence-electron chi connectivity index (χ0n) is 23.5. The van der Waals surface area contributed by atoms with Gasteiger partial charge in [0.25, 0.3) is 0 Å². The Balaban J connectivity index is 1.20. The number of rotatable bonds is 7. The number of pyridine rings is 1. The van der Waals surface area contributed by atoms with Crippen LogP contribution >= 0.6 is 0 Å². The van der Waals surface area contributed by atoms with Gasteiger partial charge >= 0.3 is 0 Å². The lowest BCUT2D eigenvalue weighted by atomic mass is 9.83. The standard InChI is InChI=1S/C32H38N4O4/c1-32(2,3)25-5-4-6-26(19-25)34-31(38)23-8-7-22-9-10-27(18-24(22)17-23)40-28-11-12-33-29(20-28)35-30(37)21-36-13-15-39-16-14-36/h4-6,9-12,18-20,23H,7-8,13-17,21H2,1-3H3,(H,34,38)(H,33,35,37). The molecule has 3 aromatic rings. The van der Waals surface area contributed by atoms with E-state index in [1.54, 1.807) is 18.3 Å². The van der Waals surface area contributed by atoms with Crippen LogP contribution in [0.1, 0.15) is 43.9 Å². The first kappa shape index (κ1) is 27.8. The Bertz CT molecular complexity index is 1360. The first-order chi connectivity index (χ1) is 19.2. The number of aromatic nitrogens is 1. The van der Waals surface area contributed by atoms with Gasteiger partial charge < -0.3 is 20.1 Å². The Morgan fingerprint density at radius 1 is 1.00 bits per heavy atom. The second kappa shape index (κ2) is 12.2. The van der Waals surface area contributed by atoms with E-state index >= 15 is 0 Å². The molecule has 1 unspecified atom stereocenters.